The highest BCUT2D eigenvalue weighted by molar-refractivity contribution is 6.37. The average molecular weight is 1810 g/mol. The number of piperazine rings is 3. The summed E-state index contributed by atoms with van der Waals surface area (Å²) in [7, 11) is 0. The third kappa shape index (κ3) is 18.1. The van der Waals surface area contributed by atoms with Crippen LogP contribution < -0.4 is 37.1 Å². The van der Waals surface area contributed by atoms with Gasteiger partial charge < -0.3 is 35.1 Å². The molecule has 0 aliphatic carbocycles. The van der Waals surface area contributed by atoms with Gasteiger partial charge in [-0.1, -0.05) is 186 Å². The second kappa shape index (κ2) is 38.1. The van der Waals surface area contributed by atoms with Gasteiger partial charge in [0.2, 0.25) is 17.7 Å². The van der Waals surface area contributed by atoms with Gasteiger partial charge in [-0.3, -0.25) is 47.5 Å². The van der Waals surface area contributed by atoms with Gasteiger partial charge in [0.1, 0.15) is 11.5 Å². The van der Waals surface area contributed by atoms with Gasteiger partial charge in [-0.05, 0) is 170 Å². The highest BCUT2D eigenvalue weighted by atomic mass is 35.5. The summed E-state index contributed by atoms with van der Waals surface area (Å²) in [6, 6.07) is 45.6. The van der Waals surface area contributed by atoms with E-state index in [1.54, 1.807) is 78.4 Å². The van der Waals surface area contributed by atoms with Crippen LogP contribution in [-0.4, -0.2) is 133 Å². The van der Waals surface area contributed by atoms with Crippen molar-refractivity contribution in [2.45, 2.75) is 104 Å². The number of amides is 3. The molecule has 3 aliphatic heterocycles. The summed E-state index contributed by atoms with van der Waals surface area (Å²) < 4.78 is 44.4. The number of carbonyl (C=O) groups is 3. The molecule has 0 saturated carbocycles. The third-order valence-corrected chi connectivity index (χ3v) is 24.5. The van der Waals surface area contributed by atoms with Crippen LogP contribution in [0.1, 0.15) is 102 Å². The van der Waals surface area contributed by atoms with Crippen LogP contribution in [0.2, 0.25) is 25.1 Å². The maximum atomic E-state index is 14.4. The summed E-state index contributed by atoms with van der Waals surface area (Å²) in [6.45, 7) is 57.0. The maximum absolute atomic E-state index is 14.4. The lowest BCUT2D eigenvalue weighted by Crippen LogP contribution is -2.53. The van der Waals surface area contributed by atoms with Gasteiger partial charge in [-0.15, -0.1) is 0 Å². The normalized spacial score (nSPS) is 15.3. The maximum Gasteiger partial charge on any atom is 0.433 e. The zero-order valence-electron chi connectivity index (χ0n) is 71.1. The van der Waals surface area contributed by atoms with Crippen LogP contribution in [0.5, 0.6) is 0 Å². The Kier molecular flexibility index (Phi) is 27.5. The number of halogens is 8. The molecule has 5 aromatic heterocycles. The van der Waals surface area contributed by atoms with Crippen LogP contribution in [0, 0.1) is 19.7 Å². The lowest BCUT2D eigenvalue weighted by Gasteiger charge is -2.42. The minimum atomic E-state index is -4.60. The molecule has 648 valence electrons. The molecule has 0 unspecified atom stereocenters. The molecule has 12 aromatic rings. The Bertz CT molecular complexity index is 6770. The van der Waals surface area contributed by atoms with Gasteiger partial charge in [0.25, 0.3) is 33.7 Å². The number of benzene rings is 7. The van der Waals surface area contributed by atoms with Crippen molar-refractivity contribution in [1.82, 2.24) is 38.4 Å². The molecule has 127 heavy (non-hydrogen) atoms. The molecule has 3 saturated heterocycles. The van der Waals surface area contributed by atoms with Crippen molar-refractivity contribution in [2.75, 3.05) is 79.3 Å². The lowest BCUT2D eigenvalue weighted by atomic mass is 9.98. The zero-order chi connectivity index (χ0) is 91.6. The molecule has 3 aliphatic rings. The molecule has 8 heterocycles. The SMILES string of the molecule is [C-]#[N+]c1c(N2CCN(C(=O)C=C)C[C@@H]2C)c2cc(Cl)c(-c3cc(Cl)cc(Cl)c3)cc2n(-c2ccccc2C(C)C)c1=O.[C-]#[N+]c1c(N2CCN(C(=O)C=C)C[C@@H]2C)c2cc(Cl)c(-c3ccc(C(F)(F)F)nc3)cc2n(-c2ccccc2C(C)C)c1=O.[C-]#[N+]c1c(N2CCN(C(=O)C=C)C[C@@H]2C)c2cc(Cl)c(-c3cccc(N)n3)cc2n(-c2ccccc2C(C)C)c1=O. The van der Waals surface area contributed by atoms with Crippen LogP contribution in [0.25, 0.3) is 97.8 Å². The van der Waals surface area contributed by atoms with Gasteiger partial charge >= 0.3 is 6.18 Å². The van der Waals surface area contributed by atoms with E-state index in [1.165, 1.54) is 28.9 Å². The van der Waals surface area contributed by atoms with Crippen LogP contribution in [0.3, 0.4) is 0 Å². The minimum absolute atomic E-state index is 0.00558. The summed E-state index contributed by atoms with van der Waals surface area (Å²) in [4.78, 5) is 111. The topological polar surface area (TPSA) is 202 Å². The van der Waals surface area contributed by atoms with E-state index in [0.717, 1.165) is 29.0 Å². The summed E-state index contributed by atoms with van der Waals surface area (Å²) in [6.07, 6.45) is 0.370. The largest absolute Gasteiger partial charge is 0.433 e. The fraction of sp³-hybridized carbons (Fsp3) is 0.255. The van der Waals surface area contributed by atoms with E-state index in [9.17, 15) is 41.9 Å². The van der Waals surface area contributed by atoms with Crippen molar-refractivity contribution in [2.24, 2.45) is 0 Å². The van der Waals surface area contributed by atoms with Crippen LogP contribution in [0.4, 0.5) is 53.1 Å². The summed E-state index contributed by atoms with van der Waals surface area (Å²) in [5.74, 6) is 0.136. The van der Waals surface area contributed by atoms with E-state index in [0.29, 0.717) is 185 Å². The summed E-state index contributed by atoms with van der Waals surface area (Å²) in [5.41, 5.74) is 14.7. The number of pyridine rings is 5. The van der Waals surface area contributed by atoms with Gasteiger partial charge in [-0.2, -0.15) is 13.2 Å². The first-order valence-electron chi connectivity index (χ1n) is 41.0. The molecule has 3 amide bonds. The smallest absolute Gasteiger partial charge is 0.384 e. The number of para-hydroxylation sites is 3. The van der Waals surface area contributed by atoms with E-state index < -0.39 is 28.5 Å². The molecule has 21 nitrogen and oxygen atoms in total. The first-order valence-corrected chi connectivity index (χ1v) is 42.9. The van der Waals surface area contributed by atoms with E-state index >= 15 is 0 Å². The van der Waals surface area contributed by atoms with Crippen molar-refractivity contribution in [3.05, 3.63) is 315 Å². The van der Waals surface area contributed by atoms with Crippen LogP contribution in [-0.2, 0) is 20.6 Å². The molecule has 3 fully saturated rings. The number of nitrogen functional groups attached to an aromatic ring is 1. The number of nitrogens with two attached hydrogens (primary N) is 1. The monoisotopic (exact) mass is 1800 g/mol. The van der Waals surface area contributed by atoms with Gasteiger partial charge in [0, 0.05) is 142 Å². The highest BCUT2D eigenvalue weighted by Crippen LogP contribution is 2.48. The summed E-state index contributed by atoms with van der Waals surface area (Å²) >= 11 is 33.4. The van der Waals surface area contributed by atoms with Crippen molar-refractivity contribution in [1.29, 1.82) is 0 Å². The fourth-order valence-electron chi connectivity index (χ4n) is 17.1. The van der Waals surface area contributed by atoms with Gasteiger partial charge in [0.15, 0.2) is 0 Å². The summed E-state index contributed by atoms with van der Waals surface area (Å²) in [5, 5.41) is 3.84. The minimum Gasteiger partial charge on any atom is -0.384 e. The Hall–Kier alpha value is -13.0. The Morgan fingerprint density at radius 1 is 0.457 bits per heavy atom. The first-order chi connectivity index (χ1) is 60.6. The molecule has 0 radical (unpaired) electrons. The molecule has 3 atom stereocenters. The quantitative estimate of drug-likeness (QED) is 0.0753. The van der Waals surface area contributed by atoms with Crippen LogP contribution in [0.15, 0.2) is 216 Å². The zero-order valence-corrected chi connectivity index (χ0v) is 74.9. The number of rotatable bonds is 15. The number of anilines is 4. The predicted molar refractivity (Wildman–Crippen MR) is 507 cm³/mol. The third-order valence-electron chi connectivity index (χ3n) is 23.2. The predicted octanol–water partition coefficient (Wildman–Crippen LogP) is 22.3. The van der Waals surface area contributed by atoms with E-state index in [-0.39, 0.29) is 75.7 Å². The number of hydrogen-bond donors (Lipinski definition) is 1. The van der Waals surface area contributed by atoms with Crippen molar-refractivity contribution >= 4 is 148 Å². The number of fused-ring (bicyclic) bond motifs is 3. The lowest BCUT2D eigenvalue weighted by molar-refractivity contribution is -0.141. The average Bonchev–Trinajstić information content (AvgIpc) is 0.735. The number of aromatic nitrogens is 5. The molecular weight excluding hydrogens is 1720 g/mol. The Morgan fingerprint density at radius 3 is 1.10 bits per heavy atom. The Morgan fingerprint density at radius 2 is 0.795 bits per heavy atom. The molecule has 0 spiro atoms. The van der Waals surface area contributed by atoms with E-state index in [4.69, 9.17) is 83.5 Å². The van der Waals surface area contributed by atoms with Crippen molar-refractivity contribution in [3.8, 4) is 50.6 Å². The van der Waals surface area contributed by atoms with Crippen molar-refractivity contribution < 1.29 is 27.6 Å². The molecule has 0 bridgehead atoms. The molecule has 7 aromatic carbocycles. The first kappa shape index (κ1) is 91.7. The highest BCUT2D eigenvalue weighted by Gasteiger charge is 2.38. The van der Waals surface area contributed by atoms with Crippen molar-refractivity contribution in [3.63, 3.8) is 0 Å². The number of carbonyl (C=O) groups excluding carboxylic acids is 3. The van der Waals surface area contributed by atoms with E-state index in [2.05, 4.69) is 71.9 Å². The van der Waals surface area contributed by atoms with Gasteiger partial charge in [-0.25, -0.2) is 19.5 Å². The molecule has 15 rings (SSSR count). The number of alkyl halides is 3. The Balaban J connectivity index is 0.000000163. The molecule has 29 heteroatoms. The number of nitrogens with zero attached hydrogens (tertiary/aromatic N) is 14. The number of hydrogen-bond acceptors (Lipinski definition) is 12. The second-order valence-electron chi connectivity index (χ2n) is 32.2. The fourth-order valence-corrected chi connectivity index (χ4v) is 18.4. The standard InChI is InChI=1S/C33H29Cl3N4O2.C33H29ClF3N5O2.C32H31ClN6O2/c1-6-30(41)38-11-12-39(20(4)18-38)32-26-16-27(36)25(21-13-22(34)15-23(35)14-21)17-29(26)40(33(42)31(32)37-5)28-10-8-7-9-24(28)19(2)3;1-6-29(43)40-13-14-41(20(4)18-40)31-24-15-25(34)23(21-11-12-28(39-17-21)33(35,36)37)16-27(24)42(32(44)30(31)38-5)26-10-8-7-9-22(26)19(2)3;1-6-29(40)37-14-15-38(20(4)18-37)31-23-16-24(33)22(25-11-9-13-28(34)36-25)17-27(23)39(32(41)30(31)35-5)26-12-8-7-10-21(26)19(2)3/h6-10,13-17,19-20H,1,11-12,18H2,2-4H3;6-12,15-17,19-20H,1,13-14,18H2,2-4H3;6-13,16-17,19-20H,1,14-15,18H2,2-4H3,(H2,34,36)/t3*20-/m000/s1. The van der Waals surface area contributed by atoms with Gasteiger partial charge in [0.05, 0.1) is 81.1 Å². The Labute approximate surface area is 758 Å². The van der Waals surface area contributed by atoms with E-state index in [1.807, 2.05) is 140 Å². The second-order valence-corrected chi connectivity index (χ2v) is 34.3. The van der Waals surface area contributed by atoms with Crippen LogP contribution >= 0.6 is 58.0 Å². The molecule has 2 N–H and O–H groups in total. The molecular formula is C98H89Cl5F3N15O6.